The number of para-hydroxylation sites is 2. The lowest BCUT2D eigenvalue weighted by molar-refractivity contribution is -0.123. The van der Waals surface area contributed by atoms with E-state index < -0.39 is 23.9 Å². The summed E-state index contributed by atoms with van der Waals surface area (Å²) in [6.45, 7) is 1.44. The third-order valence-corrected chi connectivity index (χ3v) is 4.25. The standard InChI is InChI=1S/C21H17ClN2O5/c1-13(19(25)24-17-10-5-3-8-15(17)22)29-21(27)14-7-2-4-9-16(14)23-20(26)18-11-6-12-28-18/h2-13H,1H3,(H,23,26)(H,24,25)/t13-/m0/s1. The first-order valence-electron chi connectivity index (χ1n) is 8.66. The van der Waals surface area contributed by atoms with Crippen molar-refractivity contribution in [3.8, 4) is 0 Å². The third kappa shape index (κ3) is 5.03. The molecule has 0 saturated carbocycles. The number of furan rings is 1. The zero-order chi connectivity index (χ0) is 20.8. The summed E-state index contributed by atoms with van der Waals surface area (Å²) in [5, 5.41) is 5.56. The number of benzene rings is 2. The highest BCUT2D eigenvalue weighted by Gasteiger charge is 2.22. The van der Waals surface area contributed by atoms with E-state index in [-0.39, 0.29) is 17.0 Å². The summed E-state index contributed by atoms with van der Waals surface area (Å²) < 4.78 is 10.3. The van der Waals surface area contributed by atoms with Crippen LogP contribution in [0.1, 0.15) is 27.8 Å². The fourth-order valence-corrected chi connectivity index (χ4v) is 2.62. The summed E-state index contributed by atoms with van der Waals surface area (Å²) in [5.41, 5.74) is 0.746. The van der Waals surface area contributed by atoms with Crippen molar-refractivity contribution in [2.45, 2.75) is 13.0 Å². The molecule has 148 valence electrons. The molecule has 1 aromatic heterocycles. The van der Waals surface area contributed by atoms with E-state index in [0.717, 1.165) is 0 Å². The first-order valence-corrected chi connectivity index (χ1v) is 9.04. The van der Waals surface area contributed by atoms with Crippen molar-refractivity contribution in [2.24, 2.45) is 0 Å². The summed E-state index contributed by atoms with van der Waals surface area (Å²) in [7, 11) is 0. The first-order chi connectivity index (χ1) is 14.0. The van der Waals surface area contributed by atoms with Gasteiger partial charge in [0.2, 0.25) is 0 Å². The van der Waals surface area contributed by atoms with Crippen molar-refractivity contribution < 1.29 is 23.5 Å². The molecule has 2 N–H and O–H groups in total. The molecular weight excluding hydrogens is 396 g/mol. The molecular formula is C21H17ClN2O5. The minimum Gasteiger partial charge on any atom is -0.459 e. The molecule has 0 fully saturated rings. The molecule has 0 saturated heterocycles. The van der Waals surface area contributed by atoms with E-state index in [0.29, 0.717) is 10.7 Å². The Bertz CT molecular complexity index is 1030. The maximum atomic E-state index is 12.6. The monoisotopic (exact) mass is 412 g/mol. The Hall–Kier alpha value is -3.58. The van der Waals surface area contributed by atoms with Gasteiger partial charge in [-0.3, -0.25) is 9.59 Å². The van der Waals surface area contributed by atoms with E-state index in [2.05, 4.69) is 10.6 Å². The number of nitrogens with one attached hydrogen (secondary N) is 2. The van der Waals surface area contributed by atoms with Gasteiger partial charge in [0.1, 0.15) is 0 Å². The second-order valence-corrected chi connectivity index (χ2v) is 6.40. The number of carbonyl (C=O) groups is 3. The molecule has 1 heterocycles. The summed E-state index contributed by atoms with van der Waals surface area (Å²) in [6, 6.07) is 16.1. The SMILES string of the molecule is C[C@H](OC(=O)c1ccccc1NC(=O)c1ccco1)C(=O)Nc1ccccc1Cl. The Morgan fingerprint density at radius 2 is 1.62 bits per heavy atom. The molecule has 0 aliphatic heterocycles. The van der Waals surface area contributed by atoms with E-state index >= 15 is 0 Å². The van der Waals surface area contributed by atoms with Crippen LogP contribution in [0.5, 0.6) is 0 Å². The van der Waals surface area contributed by atoms with Crippen LogP contribution in [0.25, 0.3) is 0 Å². The van der Waals surface area contributed by atoms with Gasteiger partial charge in [0, 0.05) is 0 Å². The second kappa shape index (κ2) is 9.07. The summed E-state index contributed by atoms with van der Waals surface area (Å²) in [4.78, 5) is 37.1. The molecule has 1 atom stereocenters. The Labute approximate surface area is 171 Å². The molecule has 0 aliphatic rings. The molecule has 7 nitrogen and oxygen atoms in total. The molecule has 0 aliphatic carbocycles. The molecule has 2 amide bonds. The predicted octanol–water partition coefficient (Wildman–Crippen LogP) is 4.37. The van der Waals surface area contributed by atoms with Crippen LogP contribution in [-0.2, 0) is 9.53 Å². The van der Waals surface area contributed by atoms with Crippen molar-refractivity contribution in [3.63, 3.8) is 0 Å². The highest BCUT2D eigenvalue weighted by Crippen LogP contribution is 2.22. The minimum atomic E-state index is -1.09. The number of hydrogen-bond donors (Lipinski definition) is 2. The van der Waals surface area contributed by atoms with Crippen LogP contribution >= 0.6 is 11.6 Å². The number of rotatable bonds is 6. The van der Waals surface area contributed by atoms with E-state index in [1.165, 1.54) is 25.3 Å². The van der Waals surface area contributed by atoms with Gasteiger partial charge < -0.3 is 19.8 Å². The fourth-order valence-electron chi connectivity index (χ4n) is 2.44. The topological polar surface area (TPSA) is 97.6 Å². The van der Waals surface area contributed by atoms with Gasteiger partial charge in [0.25, 0.3) is 11.8 Å². The van der Waals surface area contributed by atoms with Gasteiger partial charge in [-0.15, -0.1) is 0 Å². The van der Waals surface area contributed by atoms with E-state index in [1.807, 2.05) is 0 Å². The minimum absolute atomic E-state index is 0.0978. The van der Waals surface area contributed by atoms with Crippen molar-refractivity contribution in [1.82, 2.24) is 0 Å². The number of ether oxygens (including phenoxy) is 1. The first kappa shape index (κ1) is 20.2. The van der Waals surface area contributed by atoms with Gasteiger partial charge in [-0.2, -0.15) is 0 Å². The number of hydrogen-bond acceptors (Lipinski definition) is 5. The summed E-state index contributed by atoms with van der Waals surface area (Å²) >= 11 is 6.02. The lowest BCUT2D eigenvalue weighted by atomic mass is 10.1. The lowest BCUT2D eigenvalue weighted by Gasteiger charge is -2.15. The van der Waals surface area contributed by atoms with Gasteiger partial charge in [0.15, 0.2) is 11.9 Å². The highest BCUT2D eigenvalue weighted by atomic mass is 35.5. The number of halogens is 1. The van der Waals surface area contributed by atoms with Crippen molar-refractivity contribution in [3.05, 3.63) is 83.3 Å². The quantitative estimate of drug-likeness (QED) is 0.586. The maximum Gasteiger partial charge on any atom is 0.341 e. The predicted molar refractivity (Wildman–Crippen MR) is 108 cm³/mol. The molecule has 29 heavy (non-hydrogen) atoms. The Kier molecular flexibility index (Phi) is 6.31. The largest absolute Gasteiger partial charge is 0.459 e. The van der Waals surface area contributed by atoms with Crippen LogP contribution in [0.2, 0.25) is 5.02 Å². The van der Waals surface area contributed by atoms with Crippen LogP contribution in [0.4, 0.5) is 11.4 Å². The third-order valence-electron chi connectivity index (χ3n) is 3.92. The zero-order valence-corrected chi connectivity index (χ0v) is 16.1. The molecule has 2 aromatic carbocycles. The van der Waals surface area contributed by atoms with Crippen molar-refractivity contribution in [1.29, 1.82) is 0 Å². The average molecular weight is 413 g/mol. The molecule has 3 rings (SSSR count). The van der Waals surface area contributed by atoms with Crippen LogP contribution in [-0.4, -0.2) is 23.9 Å². The van der Waals surface area contributed by atoms with Gasteiger partial charge in [-0.05, 0) is 43.3 Å². The van der Waals surface area contributed by atoms with Gasteiger partial charge >= 0.3 is 5.97 Å². The van der Waals surface area contributed by atoms with Crippen LogP contribution in [0.15, 0.2) is 71.3 Å². The number of anilines is 2. The molecule has 0 spiro atoms. The highest BCUT2D eigenvalue weighted by molar-refractivity contribution is 6.33. The molecule has 0 unspecified atom stereocenters. The molecule has 8 heteroatoms. The van der Waals surface area contributed by atoms with Crippen LogP contribution < -0.4 is 10.6 Å². The van der Waals surface area contributed by atoms with E-state index in [1.54, 1.807) is 48.5 Å². The Balaban J connectivity index is 1.68. The molecule has 3 aromatic rings. The van der Waals surface area contributed by atoms with Gasteiger partial charge in [0.05, 0.1) is 28.2 Å². The smallest absolute Gasteiger partial charge is 0.341 e. The van der Waals surface area contributed by atoms with Crippen LogP contribution in [0, 0.1) is 0 Å². The molecule has 0 radical (unpaired) electrons. The van der Waals surface area contributed by atoms with E-state index in [9.17, 15) is 14.4 Å². The van der Waals surface area contributed by atoms with Gasteiger partial charge in [-0.25, -0.2) is 4.79 Å². The van der Waals surface area contributed by atoms with Gasteiger partial charge in [-0.1, -0.05) is 35.9 Å². The number of esters is 1. The average Bonchev–Trinajstić information content (AvgIpc) is 3.25. The summed E-state index contributed by atoms with van der Waals surface area (Å²) in [6.07, 6.45) is 0.279. The van der Waals surface area contributed by atoms with Crippen LogP contribution in [0.3, 0.4) is 0 Å². The number of amides is 2. The zero-order valence-electron chi connectivity index (χ0n) is 15.3. The van der Waals surface area contributed by atoms with Crippen molar-refractivity contribution in [2.75, 3.05) is 10.6 Å². The Morgan fingerprint density at radius 1 is 0.931 bits per heavy atom. The Morgan fingerprint density at radius 3 is 2.31 bits per heavy atom. The van der Waals surface area contributed by atoms with Crippen molar-refractivity contribution >= 4 is 40.8 Å². The normalized spacial score (nSPS) is 11.4. The molecule has 0 bridgehead atoms. The second-order valence-electron chi connectivity index (χ2n) is 5.99. The maximum absolute atomic E-state index is 12.6. The fraction of sp³-hybridized carbons (Fsp3) is 0.0952. The number of carbonyl (C=O) groups excluding carboxylic acids is 3. The summed E-state index contributed by atoms with van der Waals surface area (Å²) in [5.74, 6) is -1.72. The van der Waals surface area contributed by atoms with E-state index in [4.69, 9.17) is 20.8 Å². The lowest BCUT2D eigenvalue weighted by Crippen LogP contribution is -2.30.